The van der Waals surface area contributed by atoms with E-state index in [4.69, 9.17) is 0 Å². The van der Waals surface area contributed by atoms with Gasteiger partial charge in [0.15, 0.2) is 0 Å². The minimum Gasteiger partial charge on any atom is -0.318 e. The molecule has 0 radical (unpaired) electrons. The van der Waals surface area contributed by atoms with Crippen molar-refractivity contribution in [2.24, 2.45) is 0 Å². The molecule has 0 aliphatic carbocycles. The quantitative estimate of drug-likeness (QED) is 0.880. The Labute approximate surface area is 108 Å². The van der Waals surface area contributed by atoms with E-state index in [1.165, 1.54) is 6.20 Å². The monoisotopic (exact) mass is 269 g/mol. The Morgan fingerprint density at radius 1 is 1.56 bits per heavy atom. The van der Waals surface area contributed by atoms with E-state index in [9.17, 15) is 8.42 Å². The van der Waals surface area contributed by atoms with Crippen molar-refractivity contribution in [3.63, 3.8) is 0 Å². The lowest BCUT2D eigenvalue weighted by atomic mass is 10.0. The molecular formula is C12H19N3O2S. The van der Waals surface area contributed by atoms with Crippen LogP contribution in [0.25, 0.3) is 0 Å². The van der Waals surface area contributed by atoms with Crippen LogP contribution in [-0.4, -0.2) is 43.4 Å². The molecule has 0 bridgehead atoms. The molecule has 100 valence electrons. The van der Waals surface area contributed by atoms with Gasteiger partial charge in [0.1, 0.15) is 4.90 Å². The van der Waals surface area contributed by atoms with Crippen molar-refractivity contribution in [2.75, 3.05) is 20.1 Å². The molecule has 18 heavy (non-hydrogen) atoms. The molecule has 0 amide bonds. The van der Waals surface area contributed by atoms with Crippen molar-refractivity contribution >= 4 is 10.0 Å². The highest BCUT2D eigenvalue weighted by Crippen LogP contribution is 2.33. The van der Waals surface area contributed by atoms with Crippen LogP contribution >= 0.6 is 0 Å². The van der Waals surface area contributed by atoms with Crippen molar-refractivity contribution in [1.29, 1.82) is 0 Å². The summed E-state index contributed by atoms with van der Waals surface area (Å²) in [6, 6.07) is 3.25. The summed E-state index contributed by atoms with van der Waals surface area (Å²) >= 11 is 0. The first kappa shape index (κ1) is 13.5. The zero-order valence-electron chi connectivity index (χ0n) is 10.8. The molecule has 6 heteroatoms. The number of hydrogen-bond donors (Lipinski definition) is 1. The van der Waals surface area contributed by atoms with E-state index in [0.29, 0.717) is 13.1 Å². The van der Waals surface area contributed by atoms with Crippen molar-refractivity contribution in [3.05, 3.63) is 24.5 Å². The van der Waals surface area contributed by atoms with Crippen LogP contribution in [0.5, 0.6) is 0 Å². The van der Waals surface area contributed by atoms with E-state index in [1.54, 1.807) is 22.6 Å². The van der Waals surface area contributed by atoms with E-state index in [1.807, 2.05) is 14.0 Å². The SMILES string of the molecule is CNCC1(C)CCCN1S(=O)(=O)c1cccnc1. The fourth-order valence-electron chi connectivity index (χ4n) is 2.59. The van der Waals surface area contributed by atoms with Crippen molar-refractivity contribution in [2.45, 2.75) is 30.2 Å². The first-order chi connectivity index (χ1) is 8.50. The third-order valence-corrected chi connectivity index (χ3v) is 5.50. The van der Waals surface area contributed by atoms with Gasteiger partial charge in [-0.05, 0) is 38.9 Å². The maximum Gasteiger partial charge on any atom is 0.245 e. The lowest BCUT2D eigenvalue weighted by Gasteiger charge is -2.34. The number of aromatic nitrogens is 1. The van der Waals surface area contributed by atoms with Crippen molar-refractivity contribution < 1.29 is 8.42 Å². The number of rotatable bonds is 4. The van der Waals surface area contributed by atoms with Gasteiger partial charge in [-0.2, -0.15) is 4.31 Å². The second-order valence-corrected chi connectivity index (χ2v) is 6.76. The van der Waals surface area contributed by atoms with E-state index in [2.05, 4.69) is 10.3 Å². The Morgan fingerprint density at radius 2 is 2.33 bits per heavy atom. The zero-order valence-corrected chi connectivity index (χ0v) is 11.6. The molecule has 1 N–H and O–H groups in total. The van der Waals surface area contributed by atoms with Gasteiger partial charge in [-0.1, -0.05) is 0 Å². The van der Waals surface area contributed by atoms with E-state index in [0.717, 1.165) is 12.8 Å². The second-order valence-electron chi connectivity index (χ2n) is 4.90. The molecule has 1 unspecified atom stereocenters. The molecule has 5 nitrogen and oxygen atoms in total. The summed E-state index contributed by atoms with van der Waals surface area (Å²) in [5.74, 6) is 0. The third kappa shape index (κ3) is 2.28. The Kier molecular flexibility index (Phi) is 3.70. The second kappa shape index (κ2) is 4.95. The van der Waals surface area contributed by atoms with Gasteiger partial charge >= 0.3 is 0 Å². The van der Waals surface area contributed by atoms with Gasteiger partial charge in [-0.25, -0.2) is 8.42 Å². The summed E-state index contributed by atoms with van der Waals surface area (Å²) in [4.78, 5) is 4.17. The zero-order chi connectivity index (χ0) is 13.2. The number of hydrogen-bond acceptors (Lipinski definition) is 4. The molecule has 0 aromatic carbocycles. The third-order valence-electron chi connectivity index (χ3n) is 3.46. The topological polar surface area (TPSA) is 62.3 Å². The molecule has 1 aromatic rings. The van der Waals surface area contributed by atoms with Gasteiger partial charge in [0.05, 0.1) is 0 Å². The molecule has 2 rings (SSSR count). The summed E-state index contributed by atoms with van der Waals surface area (Å²) in [6.07, 6.45) is 4.77. The standard InChI is InChI=1S/C12H19N3O2S/c1-12(10-13-2)6-4-8-15(12)18(16,17)11-5-3-7-14-9-11/h3,5,7,9,13H,4,6,8,10H2,1-2H3. The summed E-state index contributed by atoms with van der Waals surface area (Å²) in [5, 5.41) is 3.08. The Hall–Kier alpha value is -0.980. The normalized spacial score (nSPS) is 25.4. The Bertz CT molecular complexity index is 503. The van der Waals surface area contributed by atoms with E-state index in [-0.39, 0.29) is 10.4 Å². The fraction of sp³-hybridized carbons (Fsp3) is 0.583. The number of likely N-dealkylation sites (N-methyl/N-ethyl adjacent to an activating group) is 1. The van der Waals surface area contributed by atoms with Crippen molar-refractivity contribution in [3.8, 4) is 0 Å². The molecule has 1 aliphatic heterocycles. The molecule has 1 fully saturated rings. The smallest absolute Gasteiger partial charge is 0.245 e. The van der Waals surface area contributed by atoms with Crippen LogP contribution in [0, 0.1) is 0 Å². The fourth-order valence-corrected chi connectivity index (χ4v) is 4.40. The molecule has 0 spiro atoms. The highest BCUT2D eigenvalue weighted by Gasteiger charge is 2.43. The molecule has 2 heterocycles. The molecule has 0 saturated carbocycles. The van der Waals surface area contributed by atoms with Crippen LogP contribution in [0.3, 0.4) is 0 Å². The maximum atomic E-state index is 12.6. The Balaban J connectivity index is 2.36. The predicted molar refractivity (Wildman–Crippen MR) is 69.7 cm³/mol. The van der Waals surface area contributed by atoms with Crippen LogP contribution in [0.2, 0.25) is 0 Å². The van der Waals surface area contributed by atoms with E-state index < -0.39 is 10.0 Å². The minimum atomic E-state index is -3.44. The molecule has 1 saturated heterocycles. The van der Waals surface area contributed by atoms with Crippen LogP contribution in [0.1, 0.15) is 19.8 Å². The molecule has 1 aromatic heterocycles. The van der Waals surface area contributed by atoms with Gasteiger partial charge in [0, 0.05) is 31.0 Å². The van der Waals surface area contributed by atoms with E-state index >= 15 is 0 Å². The number of nitrogens with zero attached hydrogens (tertiary/aromatic N) is 2. The van der Waals surface area contributed by atoms with Crippen LogP contribution in [0.4, 0.5) is 0 Å². The average Bonchev–Trinajstić information content (AvgIpc) is 2.73. The number of pyridine rings is 1. The highest BCUT2D eigenvalue weighted by molar-refractivity contribution is 7.89. The van der Waals surface area contributed by atoms with Gasteiger partial charge < -0.3 is 5.32 Å². The Morgan fingerprint density at radius 3 is 2.94 bits per heavy atom. The number of nitrogens with one attached hydrogen (secondary N) is 1. The van der Waals surface area contributed by atoms with Gasteiger partial charge in [-0.15, -0.1) is 0 Å². The minimum absolute atomic E-state index is 0.272. The molecular weight excluding hydrogens is 250 g/mol. The maximum absolute atomic E-state index is 12.6. The van der Waals surface area contributed by atoms with Crippen LogP contribution in [-0.2, 0) is 10.0 Å². The van der Waals surface area contributed by atoms with Crippen LogP contribution in [0.15, 0.2) is 29.4 Å². The lowest BCUT2D eigenvalue weighted by Crippen LogP contribution is -2.50. The van der Waals surface area contributed by atoms with Crippen molar-refractivity contribution in [1.82, 2.24) is 14.6 Å². The summed E-state index contributed by atoms with van der Waals surface area (Å²) in [6.45, 7) is 3.23. The first-order valence-electron chi connectivity index (χ1n) is 6.08. The highest BCUT2D eigenvalue weighted by atomic mass is 32.2. The van der Waals surface area contributed by atoms with Gasteiger partial charge in [-0.3, -0.25) is 4.98 Å². The molecule has 1 atom stereocenters. The number of sulfonamides is 1. The largest absolute Gasteiger partial charge is 0.318 e. The lowest BCUT2D eigenvalue weighted by molar-refractivity contribution is 0.260. The summed E-state index contributed by atoms with van der Waals surface area (Å²) in [5.41, 5.74) is -0.344. The summed E-state index contributed by atoms with van der Waals surface area (Å²) < 4.78 is 26.8. The van der Waals surface area contributed by atoms with Crippen LogP contribution < -0.4 is 5.32 Å². The van der Waals surface area contributed by atoms with Gasteiger partial charge in [0.2, 0.25) is 10.0 Å². The molecule has 1 aliphatic rings. The first-order valence-corrected chi connectivity index (χ1v) is 7.52. The predicted octanol–water partition coefficient (Wildman–Crippen LogP) is 0.844. The summed E-state index contributed by atoms with van der Waals surface area (Å²) in [7, 11) is -1.59. The average molecular weight is 269 g/mol. The van der Waals surface area contributed by atoms with Gasteiger partial charge in [0.25, 0.3) is 0 Å².